The summed E-state index contributed by atoms with van der Waals surface area (Å²) in [6.45, 7) is 5.22. The maximum Gasteiger partial charge on any atom is 0.178 e. The molecule has 1 aromatic carbocycles. The van der Waals surface area contributed by atoms with Crippen LogP contribution in [0.1, 0.15) is 16.9 Å². The van der Waals surface area contributed by atoms with Crippen LogP contribution in [0.25, 0.3) is 10.2 Å². The van der Waals surface area contributed by atoms with Gasteiger partial charge >= 0.3 is 0 Å². The predicted octanol–water partition coefficient (Wildman–Crippen LogP) is 4.36. The lowest BCUT2D eigenvalue weighted by Crippen LogP contribution is -2.17. The number of fused-ring (bicyclic) bond motifs is 1. The van der Waals surface area contributed by atoms with Crippen molar-refractivity contribution in [3.63, 3.8) is 0 Å². The molecule has 7 heteroatoms. The van der Waals surface area contributed by atoms with Crippen LogP contribution in [0, 0.1) is 19.7 Å². The maximum absolute atomic E-state index is 14.4. The molecule has 2 aromatic heterocycles. The van der Waals surface area contributed by atoms with Gasteiger partial charge in [0.2, 0.25) is 0 Å². The number of para-hydroxylation sites is 1. The van der Waals surface area contributed by atoms with Gasteiger partial charge in [0, 0.05) is 11.3 Å². The summed E-state index contributed by atoms with van der Waals surface area (Å²) in [5, 5.41) is 4.20. The largest absolute Gasteiger partial charge is 0.483 e. The number of aryl methyl sites for hydroxylation is 2. The van der Waals surface area contributed by atoms with E-state index in [4.69, 9.17) is 9.47 Å². The van der Waals surface area contributed by atoms with Crippen molar-refractivity contribution in [3.05, 3.63) is 40.8 Å². The van der Waals surface area contributed by atoms with Gasteiger partial charge in [-0.15, -0.1) is 11.3 Å². The first kappa shape index (κ1) is 16.2. The Balaban J connectivity index is 1.73. The van der Waals surface area contributed by atoms with E-state index in [9.17, 15) is 4.39 Å². The first-order chi connectivity index (χ1) is 12.1. The van der Waals surface area contributed by atoms with Gasteiger partial charge in [0.1, 0.15) is 23.1 Å². The fraction of sp³-hybridized carbons (Fsp3) is 0.333. The van der Waals surface area contributed by atoms with Crippen LogP contribution in [0.4, 0.5) is 15.9 Å². The maximum atomic E-state index is 14.4. The normalized spacial score (nSPS) is 17.2. The van der Waals surface area contributed by atoms with E-state index in [1.807, 2.05) is 6.92 Å². The number of hydrogen-bond donors (Lipinski definition) is 1. The standard InChI is InChI=1S/C18H18FN3O2S/c1-10-11(2)25-18-15(10)17(20-9-21-18)22-14-5-3-4-13(19)16(14)24-12-6-7-23-8-12/h3-5,9,12H,6-8H2,1-2H3,(H,20,21,22). The third-order valence-corrected chi connectivity index (χ3v) is 5.47. The number of anilines is 2. The molecule has 0 aliphatic carbocycles. The van der Waals surface area contributed by atoms with E-state index < -0.39 is 5.82 Å². The van der Waals surface area contributed by atoms with Crippen LogP contribution in [0.5, 0.6) is 5.75 Å². The Morgan fingerprint density at radius 1 is 1.32 bits per heavy atom. The summed E-state index contributed by atoms with van der Waals surface area (Å²) in [4.78, 5) is 10.8. The fourth-order valence-corrected chi connectivity index (χ4v) is 3.90. The fourth-order valence-electron chi connectivity index (χ4n) is 2.90. The highest BCUT2D eigenvalue weighted by Gasteiger charge is 2.22. The molecule has 0 bridgehead atoms. The average Bonchev–Trinajstić information content (AvgIpc) is 3.20. The van der Waals surface area contributed by atoms with E-state index in [-0.39, 0.29) is 11.9 Å². The Hall–Kier alpha value is -2.25. The number of ether oxygens (including phenoxy) is 2. The van der Waals surface area contributed by atoms with Gasteiger partial charge in [-0.1, -0.05) is 6.07 Å². The van der Waals surface area contributed by atoms with Gasteiger partial charge in [-0.25, -0.2) is 14.4 Å². The molecule has 4 rings (SSSR count). The Labute approximate surface area is 148 Å². The minimum Gasteiger partial charge on any atom is -0.483 e. The number of aromatic nitrogens is 2. The summed E-state index contributed by atoms with van der Waals surface area (Å²) in [6.07, 6.45) is 2.15. The second-order valence-electron chi connectivity index (χ2n) is 6.03. The highest BCUT2D eigenvalue weighted by atomic mass is 32.1. The predicted molar refractivity (Wildman–Crippen MR) is 96.4 cm³/mol. The lowest BCUT2D eigenvalue weighted by Gasteiger charge is -2.17. The smallest absolute Gasteiger partial charge is 0.178 e. The summed E-state index contributed by atoms with van der Waals surface area (Å²) < 4.78 is 25.5. The molecule has 0 saturated carbocycles. The van der Waals surface area contributed by atoms with Crippen molar-refractivity contribution in [2.24, 2.45) is 0 Å². The monoisotopic (exact) mass is 359 g/mol. The molecule has 1 unspecified atom stereocenters. The van der Waals surface area contributed by atoms with Gasteiger partial charge in [0.25, 0.3) is 0 Å². The first-order valence-electron chi connectivity index (χ1n) is 8.14. The molecule has 3 aromatic rings. The average molecular weight is 359 g/mol. The molecule has 3 heterocycles. The van der Waals surface area contributed by atoms with Crippen molar-refractivity contribution in [2.75, 3.05) is 18.5 Å². The van der Waals surface area contributed by atoms with Gasteiger partial charge in [0.15, 0.2) is 11.6 Å². The zero-order valence-corrected chi connectivity index (χ0v) is 14.8. The molecule has 130 valence electrons. The number of rotatable bonds is 4. The number of nitrogens with one attached hydrogen (secondary N) is 1. The first-order valence-corrected chi connectivity index (χ1v) is 8.96. The summed E-state index contributed by atoms with van der Waals surface area (Å²) >= 11 is 1.62. The van der Waals surface area contributed by atoms with E-state index in [1.54, 1.807) is 23.5 Å². The van der Waals surface area contributed by atoms with Crippen molar-refractivity contribution in [1.29, 1.82) is 0 Å². The molecule has 5 nitrogen and oxygen atoms in total. The van der Waals surface area contributed by atoms with Gasteiger partial charge < -0.3 is 14.8 Å². The third-order valence-electron chi connectivity index (χ3n) is 4.36. The Bertz CT molecular complexity index is 922. The number of halogens is 1. The lowest BCUT2D eigenvalue weighted by atomic mass is 10.2. The molecular formula is C18H18FN3O2S. The highest BCUT2D eigenvalue weighted by Crippen LogP contribution is 2.37. The molecule has 1 fully saturated rings. The van der Waals surface area contributed by atoms with Crippen LogP contribution in [0.3, 0.4) is 0 Å². The topological polar surface area (TPSA) is 56.3 Å². The minimum absolute atomic E-state index is 0.131. The highest BCUT2D eigenvalue weighted by molar-refractivity contribution is 7.18. The van der Waals surface area contributed by atoms with Crippen molar-refractivity contribution >= 4 is 33.1 Å². The summed E-state index contributed by atoms with van der Waals surface area (Å²) in [5.74, 6) is 0.458. The molecule has 1 N–H and O–H groups in total. The molecule has 0 radical (unpaired) electrons. The number of thiophene rings is 1. The van der Waals surface area contributed by atoms with Gasteiger partial charge in [-0.3, -0.25) is 0 Å². The van der Waals surface area contributed by atoms with Crippen LogP contribution in [-0.4, -0.2) is 29.3 Å². The van der Waals surface area contributed by atoms with Crippen LogP contribution in [0.15, 0.2) is 24.5 Å². The summed E-state index contributed by atoms with van der Waals surface area (Å²) in [5.41, 5.74) is 1.68. The summed E-state index contributed by atoms with van der Waals surface area (Å²) in [7, 11) is 0. The SMILES string of the molecule is Cc1sc2ncnc(Nc3cccc(F)c3OC3CCOC3)c2c1C. The molecule has 1 aliphatic rings. The molecule has 25 heavy (non-hydrogen) atoms. The molecule has 1 saturated heterocycles. The van der Waals surface area contributed by atoms with Crippen molar-refractivity contribution in [2.45, 2.75) is 26.4 Å². The Kier molecular flexibility index (Phi) is 4.27. The van der Waals surface area contributed by atoms with Crippen LogP contribution in [0.2, 0.25) is 0 Å². The number of benzene rings is 1. The van der Waals surface area contributed by atoms with Gasteiger partial charge in [-0.05, 0) is 31.5 Å². The molecule has 1 aliphatic heterocycles. The van der Waals surface area contributed by atoms with Crippen LogP contribution in [-0.2, 0) is 4.74 Å². The van der Waals surface area contributed by atoms with E-state index in [2.05, 4.69) is 22.2 Å². The van der Waals surface area contributed by atoms with E-state index >= 15 is 0 Å². The summed E-state index contributed by atoms with van der Waals surface area (Å²) in [6, 6.07) is 4.84. The Morgan fingerprint density at radius 3 is 3.00 bits per heavy atom. The minimum atomic E-state index is -0.402. The zero-order chi connectivity index (χ0) is 17.4. The number of nitrogens with zero attached hydrogens (tertiary/aromatic N) is 2. The van der Waals surface area contributed by atoms with E-state index in [0.717, 1.165) is 22.2 Å². The second-order valence-corrected chi connectivity index (χ2v) is 7.23. The number of hydrogen-bond acceptors (Lipinski definition) is 6. The molecule has 0 amide bonds. The molecular weight excluding hydrogens is 341 g/mol. The Morgan fingerprint density at radius 2 is 2.20 bits per heavy atom. The van der Waals surface area contributed by atoms with E-state index in [1.165, 1.54) is 17.3 Å². The van der Waals surface area contributed by atoms with Crippen LogP contribution >= 0.6 is 11.3 Å². The van der Waals surface area contributed by atoms with Crippen molar-refractivity contribution in [3.8, 4) is 5.75 Å². The second kappa shape index (κ2) is 6.57. The van der Waals surface area contributed by atoms with Crippen molar-refractivity contribution in [1.82, 2.24) is 9.97 Å². The zero-order valence-electron chi connectivity index (χ0n) is 14.0. The van der Waals surface area contributed by atoms with Gasteiger partial charge in [-0.2, -0.15) is 0 Å². The third kappa shape index (κ3) is 3.05. The molecule has 0 spiro atoms. The van der Waals surface area contributed by atoms with Crippen molar-refractivity contribution < 1.29 is 13.9 Å². The van der Waals surface area contributed by atoms with Crippen LogP contribution < -0.4 is 10.1 Å². The van der Waals surface area contributed by atoms with E-state index in [0.29, 0.717) is 24.7 Å². The quantitative estimate of drug-likeness (QED) is 0.750. The molecule has 1 atom stereocenters. The van der Waals surface area contributed by atoms with Gasteiger partial charge in [0.05, 0.1) is 24.3 Å². The lowest BCUT2D eigenvalue weighted by molar-refractivity contribution is 0.138.